The lowest BCUT2D eigenvalue weighted by atomic mass is 9.83. The van der Waals surface area contributed by atoms with E-state index in [-0.39, 0.29) is 0 Å². The fourth-order valence-corrected chi connectivity index (χ4v) is 4.68. The van der Waals surface area contributed by atoms with Gasteiger partial charge < -0.3 is 5.32 Å². The lowest BCUT2D eigenvalue weighted by Gasteiger charge is -2.26. The van der Waals surface area contributed by atoms with Crippen LogP contribution in [0.3, 0.4) is 0 Å². The summed E-state index contributed by atoms with van der Waals surface area (Å²) in [6.07, 6.45) is 2.47. The zero-order valence-corrected chi connectivity index (χ0v) is 14.8. The van der Waals surface area contributed by atoms with Gasteiger partial charge in [-0.3, -0.25) is 0 Å². The standard InChI is InChI=1S/C15H26BrNS/c1-10(9-15(3,4)5)7-13(17-6)14-12(16)8-11(2)18-14/h8,10,13,17H,7,9H2,1-6H3. The van der Waals surface area contributed by atoms with E-state index in [1.165, 1.54) is 27.1 Å². The summed E-state index contributed by atoms with van der Waals surface area (Å²) >= 11 is 5.58. The highest BCUT2D eigenvalue weighted by molar-refractivity contribution is 9.10. The number of halogens is 1. The third-order valence-electron chi connectivity index (χ3n) is 3.10. The molecule has 1 heterocycles. The third kappa shape index (κ3) is 5.02. The first-order valence-corrected chi connectivity index (χ1v) is 8.27. The third-order valence-corrected chi connectivity index (χ3v) is 5.18. The number of rotatable bonds is 5. The van der Waals surface area contributed by atoms with E-state index in [1.54, 1.807) is 0 Å². The summed E-state index contributed by atoms with van der Waals surface area (Å²) in [5, 5.41) is 3.47. The van der Waals surface area contributed by atoms with E-state index in [0.717, 1.165) is 5.92 Å². The number of hydrogen-bond donors (Lipinski definition) is 1. The number of nitrogens with one attached hydrogen (secondary N) is 1. The SMILES string of the molecule is CNC(CC(C)CC(C)(C)C)c1sc(C)cc1Br. The Labute approximate surface area is 125 Å². The average molecular weight is 332 g/mol. The van der Waals surface area contributed by atoms with Gasteiger partial charge in [0.15, 0.2) is 0 Å². The van der Waals surface area contributed by atoms with E-state index in [9.17, 15) is 0 Å². The van der Waals surface area contributed by atoms with Gasteiger partial charge in [0.1, 0.15) is 0 Å². The Morgan fingerprint density at radius 2 is 2.00 bits per heavy atom. The zero-order chi connectivity index (χ0) is 13.9. The highest BCUT2D eigenvalue weighted by Gasteiger charge is 2.21. The first-order chi connectivity index (χ1) is 8.23. The van der Waals surface area contributed by atoms with E-state index >= 15 is 0 Å². The minimum absolute atomic E-state index is 0.417. The molecular weight excluding hydrogens is 306 g/mol. The van der Waals surface area contributed by atoms with Crippen LogP contribution in [0.4, 0.5) is 0 Å². The molecule has 1 aromatic heterocycles. The molecule has 1 nitrogen and oxygen atoms in total. The van der Waals surface area contributed by atoms with E-state index in [2.05, 4.69) is 69.0 Å². The molecule has 1 aromatic rings. The molecule has 0 radical (unpaired) electrons. The monoisotopic (exact) mass is 331 g/mol. The van der Waals surface area contributed by atoms with Gasteiger partial charge >= 0.3 is 0 Å². The summed E-state index contributed by atoms with van der Waals surface area (Å²) in [5.41, 5.74) is 0.417. The number of aryl methyl sites for hydroxylation is 1. The molecule has 0 saturated heterocycles. The number of thiophene rings is 1. The Kier molecular flexibility index (Phi) is 5.88. The highest BCUT2D eigenvalue weighted by atomic mass is 79.9. The summed E-state index contributed by atoms with van der Waals surface area (Å²) in [7, 11) is 2.07. The molecule has 104 valence electrons. The quantitative estimate of drug-likeness (QED) is 0.746. The van der Waals surface area contributed by atoms with Crippen LogP contribution >= 0.6 is 27.3 Å². The summed E-state index contributed by atoms with van der Waals surface area (Å²) in [6, 6.07) is 2.69. The first-order valence-electron chi connectivity index (χ1n) is 6.66. The van der Waals surface area contributed by atoms with Crippen molar-refractivity contribution < 1.29 is 0 Å². The maximum atomic E-state index is 3.68. The fraction of sp³-hybridized carbons (Fsp3) is 0.733. The van der Waals surface area contributed by atoms with Gasteiger partial charge in [0, 0.05) is 20.3 Å². The Morgan fingerprint density at radius 3 is 2.39 bits per heavy atom. The fourth-order valence-electron chi connectivity index (χ4n) is 2.63. The van der Waals surface area contributed by atoms with Crippen molar-refractivity contribution >= 4 is 27.3 Å². The van der Waals surface area contributed by atoms with Gasteiger partial charge in [-0.15, -0.1) is 11.3 Å². The molecule has 0 fully saturated rings. The van der Waals surface area contributed by atoms with E-state index in [4.69, 9.17) is 0 Å². The first kappa shape index (κ1) is 16.2. The van der Waals surface area contributed by atoms with Crippen molar-refractivity contribution in [2.24, 2.45) is 11.3 Å². The summed E-state index contributed by atoms with van der Waals surface area (Å²) in [6.45, 7) is 11.5. The normalized spacial score (nSPS) is 15.7. The van der Waals surface area contributed by atoms with Crippen LogP contribution in [0.5, 0.6) is 0 Å². The molecule has 0 aliphatic heterocycles. The minimum Gasteiger partial charge on any atom is -0.312 e. The van der Waals surface area contributed by atoms with Crippen LogP contribution in [0.15, 0.2) is 10.5 Å². The van der Waals surface area contributed by atoms with Gasteiger partial charge in [-0.05, 0) is 60.1 Å². The van der Waals surface area contributed by atoms with Gasteiger partial charge in [0.05, 0.1) is 0 Å². The molecule has 18 heavy (non-hydrogen) atoms. The van der Waals surface area contributed by atoms with E-state index in [1.807, 2.05) is 11.3 Å². The van der Waals surface area contributed by atoms with Crippen LogP contribution < -0.4 is 5.32 Å². The Balaban J connectivity index is 2.71. The molecule has 1 rings (SSSR count). The molecule has 0 aliphatic rings. The van der Waals surface area contributed by atoms with Crippen LogP contribution in [-0.2, 0) is 0 Å². The van der Waals surface area contributed by atoms with Crippen LogP contribution in [0.25, 0.3) is 0 Å². The van der Waals surface area contributed by atoms with Gasteiger partial charge in [0.25, 0.3) is 0 Å². The van der Waals surface area contributed by atoms with Gasteiger partial charge in [-0.2, -0.15) is 0 Å². The van der Waals surface area contributed by atoms with E-state index < -0.39 is 0 Å². The Hall–Kier alpha value is 0.140. The predicted molar refractivity (Wildman–Crippen MR) is 86.4 cm³/mol. The molecular formula is C15H26BrNS. The molecule has 0 saturated carbocycles. The van der Waals surface area contributed by atoms with Crippen molar-refractivity contribution in [3.63, 3.8) is 0 Å². The second-order valence-electron chi connectivity index (χ2n) is 6.52. The van der Waals surface area contributed by atoms with Crippen LogP contribution in [-0.4, -0.2) is 7.05 Å². The molecule has 0 spiro atoms. The van der Waals surface area contributed by atoms with Crippen molar-refractivity contribution in [3.8, 4) is 0 Å². The molecule has 0 amide bonds. The average Bonchev–Trinajstić information content (AvgIpc) is 2.51. The molecule has 2 unspecified atom stereocenters. The highest BCUT2D eigenvalue weighted by Crippen LogP contribution is 2.37. The molecule has 0 aliphatic carbocycles. The second kappa shape index (κ2) is 6.53. The van der Waals surface area contributed by atoms with Crippen LogP contribution in [0, 0.1) is 18.3 Å². The molecule has 2 atom stereocenters. The minimum atomic E-state index is 0.417. The van der Waals surface area contributed by atoms with Gasteiger partial charge in [-0.25, -0.2) is 0 Å². The second-order valence-corrected chi connectivity index (χ2v) is 8.66. The maximum Gasteiger partial charge on any atom is 0.0426 e. The van der Waals surface area contributed by atoms with Gasteiger partial charge in [-0.1, -0.05) is 27.7 Å². The van der Waals surface area contributed by atoms with Crippen molar-refractivity contribution in [2.75, 3.05) is 7.05 Å². The van der Waals surface area contributed by atoms with Crippen molar-refractivity contribution in [1.29, 1.82) is 0 Å². The zero-order valence-electron chi connectivity index (χ0n) is 12.4. The van der Waals surface area contributed by atoms with Gasteiger partial charge in [0.2, 0.25) is 0 Å². The summed E-state index contributed by atoms with van der Waals surface area (Å²) in [5.74, 6) is 0.733. The molecule has 0 aromatic carbocycles. The lowest BCUT2D eigenvalue weighted by Crippen LogP contribution is -2.20. The number of hydrogen-bond acceptors (Lipinski definition) is 2. The smallest absolute Gasteiger partial charge is 0.0426 e. The Morgan fingerprint density at radius 1 is 1.39 bits per heavy atom. The summed E-state index contributed by atoms with van der Waals surface area (Å²) in [4.78, 5) is 2.82. The Bertz CT molecular complexity index is 378. The van der Waals surface area contributed by atoms with Crippen LogP contribution in [0.2, 0.25) is 0 Å². The lowest BCUT2D eigenvalue weighted by molar-refractivity contribution is 0.279. The molecule has 0 bridgehead atoms. The van der Waals surface area contributed by atoms with Crippen molar-refractivity contribution in [3.05, 3.63) is 20.3 Å². The summed E-state index contributed by atoms with van der Waals surface area (Å²) < 4.78 is 1.26. The maximum absolute atomic E-state index is 3.68. The predicted octanol–water partition coefficient (Wildman–Crippen LogP) is 5.54. The molecule has 3 heteroatoms. The molecule has 1 N–H and O–H groups in total. The van der Waals surface area contributed by atoms with Crippen molar-refractivity contribution in [1.82, 2.24) is 5.32 Å². The topological polar surface area (TPSA) is 12.0 Å². The largest absolute Gasteiger partial charge is 0.312 e. The van der Waals surface area contributed by atoms with Crippen molar-refractivity contribution in [2.45, 2.75) is 53.5 Å². The van der Waals surface area contributed by atoms with Crippen LogP contribution in [0.1, 0.15) is 56.3 Å². The van der Waals surface area contributed by atoms with E-state index in [0.29, 0.717) is 11.5 Å².